The average Bonchev–Trinajstić information content (AvgIpc) is 2.87. The molecular formula is C13H23N5O. The van der Waals surface area contributed by atoms with E-state index < -0.39 is 0 Å². The summed E-state index contributed by atoms with van der Waals surface area (Å²) in [6, 6.07) is 2.25. The maximum atomic E-state index is 11.6. The number of piperidine rings is 1. The number of hydrogen-bond donors (Lipinski definition) is 2. The SMILES string of the molecule is CCN1CCC(n2nccc2NC(=O)CNC)CC1. The smallest absolute Gasteiger partial charge is 0.239 e. The third kappa shape index (κ3) is 3.54. The number of nitrogens with zero attached hydrogens (tertiary/aromatic N) is 3. The van der Waals surface area contributed by atoms with Crippen molar-refractivity contribution in [2.45, 2.75) is 25.8 Å². The van der Waals surface area contributed by atoms with Crippen molar-refractivity contribution in [2.75, 3.05) is 38.5 Å². The Bertz CT molecular complexity index is 409. The number of anilines is 1. The number of amides is 1. The Labute approximate surface area is 114 Å². The van der Waals surface area contributed by atoms with E-state index in [1.165, 1.54) is 0 Å². The summed E-state index contributed by atoms with van der Waals surface area (Å²) < 4.78 is 1.96. The molecule has 0 aromatic carbocycles. The molecule has 1 aliphatic rings. The summed E-state index contributed by atoms with van der Waals surface area (Å²) in [7, 11) is 1.76. The van der Waals surface area contributed by atoms with Gasteiger partial charge >= 0.3 is 0 Å². The molecule has 19 heavy (non-hydrogen) atoms. The third-order valence-corrected chi connectivity index (χ3v) is 3.63. The molecule has 1 aromatic heterocycles. The summed E-state index contributed by atoms with van der Waals surface area (Å²) in [5.41, 5.74) is 0. The van der Waals surface area contributed by atoms with Crippen molar-refractivity contribution in [3.05, 3.63) is 12.3 Å². The summed E-state index contributed by atoms with van der Waals surface area (Å²) in [6.07, 6.45) is 3.93. The molecule has 106 valence electrons. The minimum atomic E-state index is -0.0322. The van der Waals surface area contributed by atoms with Crippen molar-refractivity contribution in [3.63, 3.8) is 0 Å². The molecule has 0 unspecified atom stereocenters. The lowest BCUT2D eigenvalue weighted by atomic mass is 10.1. The molecule has 2 heterocycles. The van der Waals surface area contributed by atoms with Gasteiger partial charge in [-0.25, -0.2) is 4.68 Å². The van der Waals surface area contributed by atoms with E-state index in [2.05, 4.69) is 27.6 Å². The van der Waals surface area contributed by atoms with Crippen LogP contribution >= 0.6 is 0 Å². The maximum Gasteiger partial charge on any atom is 0.239 e. The Balaban J connectivity index is 1.97. The van der Waals surface area contributed by atoms with Gasteiger partial charge in [0.25, 0.3) is 0 Å². The van der Waals surface area contributed by atoms with E-state index >= 15 is 0 Å². The summed E-state index contributed by atoms with van der Waals surface area (Å²) in [4.78, 5) is 14.1. The quantitative estimate of drug-likeness (QED) is 0.822. The summed E-state index contributed by atoms with van der Waals surface area (Å²) in [5.74, 6) is 0.769. The van der Waals surface area contributed by atoms with Gasteiger partial charge in [-0.1, -0.05) is 6.92 Å². The van der Waals surface area contributed by atoms with E-state index in [0.29, 0.717) is 12.6 Å². The first-order valence-electron chi connectivity index (χ1n) is 6.95. The van der Waals surface area contributed by atoms with Gasteiger partial charge in [0.05, 0.1) is 18.8 Å². The molecule has 2 rings (SSSR count). The van der Waals surface area contributed by atoms with Gasteiger partial charge in [-0.2, -0.15) is 5.10 Å². The lowest BCUT2D eigenvalue weighted by Gasteiger charge is -2.31. The van der Waals surface area contributed by atoms with E-state index in [4.69, 9.17) is 0 Å². The molecule has 1 fully saturated rings. The first-order chi connectivity index (χ1) is 9.24. The van der Waals surface area contributed by atoms with Gasteiger partial charge in [-0.3, -0.25) is 4.79 Å². The van der Waals surface area contributed by atoms with Gasteiger partial charge in [0.1, 0.15) is 5.82 Å². The second-order valence-corrected chi connectivity index (χ2v) is 4.90. The molecule has 0 atom stereocenters. The number of nitrogens with one attached hydrogen (secondary N) is 2. The van der Waals surface area contributed by atoms with Gasteiger partial charge in [0.15, 0.2) is 0 Å². The van der Waals surface area contributed by atoms with Crippen LogP contribution in [0.2, 0.25) is 0 Å². The Morgan fingerprint density at radius 3 is 2.84 bits per heavy atom. The van der Waals surface area contributed by atoms with E-state index in [0.717, 1.165) is 38.3 Å². The Kier molecular flexibility index (Phi) is 4.93. The van der Waals surface area contributed by atoms with Crippen LogP contribution in [0.15, 0.2) is 12.3 Å². The van der Waals surface area contributed by atoms with Crippen LogP contribution in [-0.2, 0) is 4.79 Å². The zero-order chi connectivity index (χ0) is 13.7. The molecular weight excluding hydrogens is 242 g/mol. The first-order valence-corrected chi connectivity index (χ1v) is 6.95. The molecule has 0 saturated carbocycles. The van der Waals surface area contributed by atoms with Crippen LogP contribution in [0.4, 0.5) is 5.82 Å². The third-order valence-electron chi connectivity index (χ3n) is 3.63. The molecule has 2 N–H and O–H groups in total. The number of likely N-dealkylation sites (tertiary alicyclic amines) is 1. The van der Waals surface area contributed by atoms with Crippen LogP contribution < -0.4 is 10.6 Å². The topological polar surface area (TPSA) is 62.2 Å². The fourth-order valence-electron chi connectivity index (χ4n) is 2.53. The lowest BCUT2D eigenvalue weighted by molar-refractivity contribution is -0.115. The van der Waals surface area contributed by atoms with Gasteiger partial charge in [-0.15, -0.1) is 0 Å². The molecule has 0 bridgehead atoms. The van der Waals surface area contributed by atoms with Crippen molar-refractivity contribution in [2.24, 2.45) is 0 Å². The molecule has 6 heteroatoms. The van der Waals surface area contributed by atoms with Crippen LogP contribution in [-0.4, -0.2) is 53.8 Å². The van der Waals surface area contributed by atoms with Gasteiger partial charge in [-0.05, 0) is 26.4 Å². The summed E-state index contributed by atoms with van der Waals surface area (Å²) >= 11 is 0. The van der Waals surface area contributed by atoms with Crippen LogP contribution in [0.3, 0.4) is 0 Å². The number of carbonyl (C=O) groups excluding carboxylic acids is 1. The highest BCUT2D eigenvalue weighted by Gasteiger charge is 2.22. The molecule has 0 radical (unpaired) electrons. The second kappa shape index (κ2) is 6.68. The van der Waals surface area contributed by atoms with E-state index in [9.17, 15) is 4.79 Å². The molecule has 1 saturated heterocycles. The number of carbonyl (C=O) groups is 1. The monoisotopic (exact) mass is 265 g/mol. The number of aromatic nitrogens is 2. The number of hydrogen-bond acceptors (Lipinski definition) is 4. The molecule has 1 amide bonds. The van der Waals surface area contributed by atoms with Gasteiger partial charge in [0, 0.05) is 19.2 Å². The van der Waals surface area contributed by atoms with Crippen molar-refractivity contribution < 1.29 is 4.79 Å². The zero-order valence-corrected chi connectivity index (χ0v) is 11.7. The average molecular weight is 265 g/mol. The second-order valence-electron chi connectivity index (χ2n) is 4.90. The van der Waals surface area contributed by atoms with Crippen LogP contribution in [0.25, 0.3) is 0 Å². The number of likely N-dealkylation sites (N-methyl/N-ethyl adjacent to an activating group) is 1. The Morgan fingerprint density at radius 1 is 1.47 bits per heavy atom. The minimum Gasteiger partial charge on any atom is -0.311 e. The largest absolute Gasteiger partial charge is 0.311 e. The van der Waals surface area contributed by atoms with Crippen LogP contribution in [0.5, 0.6) is 0 Å². The van der Waals surface area contributed by atoms with E-state index in [-0.39, 0.29) is 5.91 Å². The summed E-state index contributed by atoms with van der Waals surface area (Å²) in [5, 5.41) is 10.1. The summed E-state index contributed by atoms with van der Waals surface area (Å²) in [6.45, 7) is 5.82. The normalized spacial score (nSPS) is 17.6. The van der Waals surface area contributed by atoms with Crippen molar-refractivity contribution in [3.8, 4) is 0 Å². The molecule has 1 aliphatic heterocycles. The highest BCUT2D eigenvalue weighted by Crippen LogP contribution is 2.25. The molecule has 6 nitrogen and oxygen atoms in total. The molecule has 0 aliphatic carbocycles. The predicted molar refractivity (Wildman–Crippen MR) is 75.2 cm³/mol. The lowest BCUT2D eigenvalue weighted by Crippen LogP contribution is -2.35. The van der Waals surface area contributed by atoms with E-state index in [1.807, 2.05) is 10.7 Å². The van der Waals surface area contributed by atoms with Crippen molar-refractivity contribution in [1.29, 1.82) is 0 Å². The van der Waals surface area contributed by atoms with Crippen LogP contribution in [0, 0.1) is 0 Å². The fraction of sp³-hybridized carbons (Fsp3) is 0.692. The predicted octanol–water partition coefficient (Wildman–Crippen LogP) is 0.698. The minimum absolute atomic E-state index is 0.0322. The Hall–Kier alpha value is -1.40. The highest BCUT2D eigenvalue weighted by molar-refractivity contribution is 5.91. The van der Waals surface area contributed by atoms with E-state index in [1.54, 1.807) is 13.2 Å². The first kappa shape index (κ1) is 14.0. The Morgan fingerprint density at radius 2 is 2.21 bits per heavy atom. The highest BCUT2D eigenvalue weighted by atomic mass is 16.2. The van der Waals surface area contributed by atoms with Crippen molar-refractivity contribution in [1.82, 2.24) is 20.0 Å². The van der Waals surface area contributed by atoms with Gasteiger partial charge in [0.2, 0.25) is 5.91 Å². The molecule has 0 spiro atoms. The standard InChI is InChI=1S/C13H23N5O/c1-3-17-8-5-11(6-9-17)18-12(4-7-15-18)16-13(19)10-14-2/h4,7,11,14H,3,5-6,8-10H2,1-2H3,(H,16,19). The van der Waals surface area contributed by atoms with Crippen LogP contribution in [0.1, 0.15) is 25.8 Å². The fourth-order valence-corrected chi connectivity index (χ4v) is 2.53. The maximum absolute atomic E-state index is 11.6. The number of rotatable bonds is 5. The van der Waals surface area contributed by atoms with Crippen molar-refractivity contribution >= 4 is 11.7 Å². The molecule has 1 aromatic rings. The van der Waals surface area contributed by atoms with Gasteiger partial charge < -0.3 is 15.5 Å². The zero-order valence-electron chi connectivity index (χ0n) is 11.7.